The topological polar surface area (TPSA) is 67.3 Å². The molecule has 0 spiro atoms. The normalized spacial score (nSPS) is 15.1. The van der Waals surface area contributed by atoms with Gasteiger partial charge in [0.15, 0.2) is 0 Å². The summed E-state index contributed by atoms with van der Waals surface area (Å²) in [6.45, 7) is 5.48. The van der Waals surface area contributed by atoms with Crippen molar-refractivity contribution in [3.05, 3.63) is 30.4 Å². The van der Waals surface area contributed by atoms with Crippen LogP contribution >= 0.6 is 0 Å². The molecule has 1 saturated heterocycles. The van der Waals surface area contributed by atoms with E-state index in [4.69, 9.17) is 4.74 Å². The summed E-state index contributed by atoms with van der Waals surface area (Å²) in [5.41, 5.74) is 1.07. The molecule has 2 aromatic heterocycles. The molecule has 0 saturated carbocycles. The van der Waals surface area contributed by atoms with Crippen LogP contribution in [0.1, 0.15) is 5.56 Å². The molecule has 0 atom stereocenters. The number of methoxy groups -OCH3 is 1. The second-order valence-electron chi connectivity index (χ2n) is 4.95. The first-order valence-electron chi connectivity index (χ1n) is 6.91. The summed E-state index contributed by atoms with van der Waals surface area (Å²) in [4.78, 5) is 21.5. The third-order valence-electron chi connectivity index (χ3n) is 3.49. The minimum atomic E-state index is 0.587. The highest BCUT2D eigenvalue weighted by Gasteiger charge is 2.20. The fourth-order valence-corrected chi connectivity index (χ4v) is 2.30. The monoisotopic (exact) mass is 286 g/mol. The Kier molecular flexibility index (Phi) is 3.81. The van der Waals surface area contributed by atoms with Crippen molar-refractivity contribution < 1.29 is 4.74 Å². The molecule has 110 valence electrons. The van der Waals surface area contributed by atoms with Crippen LogP contribution < -0.4 is 14.5 Å². The lowest BCUT2D eigenvalue weighted by molar-refractivity contribution is 0.396. The second kappa shape index (κ2) is 5.90. The number of nitrogens with zero attached hydrogens (tertiary/aromatic N) is 6. The second-order valence-corrected chi connectivity index (χ2v) is 4.95. The third kappa shape index (κ3) is 3.01. The molecule has 3 rings (SSSR count). The number of hydrogen-bond acceptors (Lipinski definition) is 7. The summed E-state index contributed by atoms with van der Waals surface area (Å²) >= 11 is 0. The molecule has 0 bridgehead atoms. The van der Waals surface area contributed by atoms with Crippen LogP contribution in [0.2, 0.25) is 0 Å². The van der Waals surface area contributed by atoms with E-state index in [0.717, 1.165) is 43.5 Å². The van der Waals surface area contributed by atoms with Crippen molar-refractivity contribution in [2.45, 2.75) is 6.92 Å². The minimum Gasteiger partial charge on any atom is -0.481 e. The van der Waals surface area contributed by atoms with Gasteiger partial charge in [0.05, 0.1) is 7.11 Å². The van der Waals surface area contributed by atoms with Gasteiger partial charge in [-0.1, -0.05) is 0 Å². The number of aromatic nitrogens is 4. The van der Waals surface area contributed by atoms with Crippen LogP contribution in [-0.2, 0) is 0 Å². The highest BCUT2D eigenvalue weighted by Crippen LogP contribution is 2.18. The average Bonchev–Trinajstić information content (AvgIpc) is 2.56. The average molecular weight is 286 g/mol. The lowest BCUT2D eigenvalue weighted by Gasteiger charge is -2.35. The van der Waals surface area contributed by atoms with Crippen molar-refractivity contribution in [1.82, 2.24) is 19.9 Å². The van der Waals surface area contributed by atoms with Crippen LogP contribution in [0.25, 0.3) is 0 Å². The van der Waals surface area contributed by atoms with Crippen LogP contribution in [0.5, 0.6) is 5.88 Å². The zero-order valence-corrected chi connectivity index (χ0v) is 12.2. The molecule has 1 fully saturated rings. The maximum absolute atomic E-state index is 5.14. The van der Waals surface area contributed by atoms with Crippen molar-refractivity contribution in [3.8, 4) is 5.88 Å². The summed E-state index contributed by atoms with van der Waals surface area (Å²) in [7, 11) is 1.61. The number of aryl methyl sites for hydroxylation is 1. The summed E-state index contributed by atoms with van der Waals surface area (Å²) in [5.74, 6) is 2.27. The maximum Gasteiger partial charge on any atom is 0.225 e. The van der Waals surface area contributed by atoms with Crippen LogP contribution in [-0.4, -0.2) is 53.2 Å². The van der Waals surface area contributed by atoms with E-state index in [9.17, 15) is 0 Å². The quantitative estimate of drug-likeness (QED) is 0.830. The Bertz CT molecular complexity index is 595. The third-order valence-corrected chi connectivity index (χ3v) is 3.49. The van der Waals surface area contributed by atoms with Crippen LogP contribution in [0.4, 0.5) is 11.8 Å². The number of hydrogen-bond donors (Lipinski definition) is 0. The molecule has 7 nitrogen and oxygen atoms in total. The summed E-state index contributed by atoms with van der Waals surface area (Å²) < 4.78 is 5.14. The van der Waals surface area contributed by atoms with Crippen molar-refractivity contribution in [2.75, 3.05) is 43.1 Å². The Morgan fingerprint density at radius 1 is 0.952 bits per heavy atom. The molecule has 21 heavy (non-hydrogen) atoms. The van der Waals surface area contributed by atoms with Gasteiger partial charge in [0.2, 0.25) is 11.8 Å². The van der Waals surface area contributed by atoms with Gasteiger partial charge in [-0.3, -0.25) is 0 Å². The molecule has 0 unspecified atom stereocenters. The van der Waals surface area contributed by atoms with Gasteiger partial charge in [-0.15, -0.1) is 0 Å². The zero-order valence-electron chi connectivity index (χ0n) is 12.2. The highest BCUT2D eigenvalue weighted by molar-refractivity contribution is 5.43. The van der Waals surface area contributed by atoms with Gasteiger partial charge in [0, 0.05) is 44.6 Å². The predicted molar refractivity (Wildman–Crippen MR) is 79.8 cm³/mol. The van der Waals surface area contributed by atoms with E-state index >= 15 is 0 Å². The summed E-state index contributed by atoms with van der Waals surface area (Å²) in [5, 5.41) is 0. The van der Waals surface area contributed by atoms with Crippen molar-refractivity contribution in [1.29, 1.82) is 0 Å². The van der Waals surface area contributed by atoms with E-state index in [1.165, 1.54) is 6.33 Å². The van der Waals surface area contributed by atoms with Crippen molar-refractivity contribution >= 4 is 11.8 Å². The summed E-state index contributed by atoms with van der Waals surface area (Å²) in [6.07, 6.45) is 5.23. The molecule has 1 aliphatic rings. The van der Waals surface area contributed by atoms with Gasteiger partial charge in [-0.2, -0.15) is 0 Å². The van der Waals surface area contributed by atoms with Gasteiger partial charge in [-0.25, -0.2) is 19.9 Å². The van der Waals surface area contributed by atoms with E-state index in [1.807, 2.05) is 25.4 Å². The molecule has 7 heteroatoms. The molecule has 0 aliphatic carbocycles. The SMILES string of the molecule is COc1cc(N2CCN(c3ncc(C)cn3)CC2)ncn1. The van der Waals surface area contributed by atoms with E-state index in [0.29, 0.717) is 5.88 Å². The fraction of sp³-hybridized carbons (Fsp3) is 0.429. The first-order valence-corrected chi connectivity index (χ1v) is 6.91. The van der Waals surface area contributed by atoms with E-state index in [2.05, 4.69) is 29.7 Å². The van der Waals surface area contributed by atoms with Crippen LogP contribution in [0.3, 0.4) is 0 Å². The smallest absolute Gasteiger partial charge is 0.225 e. The first-order chi connectivity index (χ1) is 10.3. The van der Waals surface area contributed by atoms with Gasteiger partial charge in [-0.05, 0) is 12.5 Å². The maximum atomic E-state index is 5.14. The molecular formula is C14H18N6O. The van der Waals surface area contributed by atoms with Gasteiger partial charge in [0.25, 0.3) is 0 Å². The Morgan fingerprint density at radius 3 is 2.29 bits per heavy atom. The van der Waals surface area contributed by atoms with Crippen molar-refractivity contribution in [2.24, 2.45) is 0 Å². The standard InChI is InChI=1S/C14H18N6O/c1-11-8-15-14(16-9-11)20-5-3-19(4-6-20)12-7-13(21-2)18-10-17-12/h7-10H,3-6H2,1-2H3. The molecule has 0 radical (unpaired) electrons. The highest BCUT2D eigenvalue weighted by atomic mass is 16.5. The molecule has 3 heterocycles. The molecular weight excluding hydrogens is 268 g/mol. The van der Waals surface area contributed by atoms with Gasteiger partial charge < -0.3 is 14.5 Å². The Morgan fingerprint density at radius 2 is 1.62 bits per heavy atom. The summed E-state index contributed by atoms with van der Waals surface area (Å²) in [6, 6.07) is 1.86. The lowest BCUT2D eigenvalue weighted by atomic mass is 10.3. The molecule has 0 N–H and O–H groups in total. The van der Waals surface area contributed by atoms with Crippen LogP contribution in [0.15, 0.2) is 24.8 Å². The molecule has 0 aromatic carbocycles. The predicted octanol–water partition coefficient (Wildman–Crippen LogP) is 0.910. The van der Waals surface area contributed by atoms with E-state index < -0.39 is 0 Å². The molecule has 1 aliphatic heterocycles. The largest absolute Gasteiger partial charge is 0.481 e. The number of rotatable bonds is 3. The van der Waals surface area contributed by atoms with Gasteiger partial charge >= 0.3 is 0 Å². The van der Waals surface area contributed by atoms with Gasteiger partial charge in [0.1, 0.15) is 12.1 Å². The van der Waals surface area contributed by atoms with Crippen molar-refractivity contribution in [3.63, 3.8) is 0 Å². The number of anilines is 2. The van der Waals surface area contributed by atoms with E-state index in [-0.39, 0.29) is 0 Å². The Hall–Kier alpha value is -2.44. The van der Waals surface area contributed by atoms with E-state index in [1.54, 1.807) is 7.11 Å². The lowest BCUT2D eigenvalue weighted by Crippen LogP contribution is -2.47. The molecule has 2 aromatic rings. The minimum absolute atomic E-state index is 0.587. The first kappa shape index (κ1) is 13.5. The fourth-order valence-electron chi connectivity index (χ4n) is 2.30. The van der Waals surface area contributed by atoms with Crippen LogP contribution in [0, 0.1) is 6.92 Å². The number of ether oxygens (including phenoxy) is 1. The number of piperazine rings is 1. The Labute approximate surface area is 123 Å². The molecule has 0 amide bonds. The Balaban J connectivity index is 1.65. The zero-order chi connectivity index (χ0) is 14.7.